The summed E-state index contributed by atoms with van der Waals surface area (Å²) in [5.41, 5.74) is 0.672. The fraction of sp³-hybridized carbons (Fsp3) is 0.167. The molecule has 0 spiro atoms. The van der Waals surface area contributed by atoms with E-state index in [-0.39, 0.29) is 5.56 Å². The molecule has 0 saturated heterocycles. The molecule has 0 bridgehead atoms. The maximum absolute atomic E-state index is 13.1. The van der Waals surface area contributed by atoms with Crippen LogP contribution in [0.5, 0.6) is 0 Å². The largest absolute Gasteiger partial charge is 0.326 e. The van der Waals surface area contributed by atoms with Crippen molar-refractivity contribution in [1.82, 2.24) is 0 Å². The summed E-state index contributed by atoms with van der Waals surface area (Å²) in [5.74, 6) is 0. The monoisotopic (exact) mass is 338 g/mol. The fourth-order valence-corrected chi connectivity index (χ4v) is 2.09. The molecule has 0 heterocycles. The van der Waals surface area contributed by atoms with Crippen molar-refractivity contribution in [3.05, 3.63) is 47.5 Å². The second-order valence-electron chi connectivity index (χ2n) is 3.62. The molecule has 0 amide bonds. The Hall–Kier alpha value is -0.380. The van der Waals surface area contributed by atoms with Crippen LogP contribution in [0.25, 0.3) is 10.8 Å². The SMILES string of the molecule is FC(F)(Br)c1ccc2cc(C(Cl)Cl)ccc2c1. The lowest BCUT2D eigenvalue weighted by Gasteiger charge is -2.10. The quantitative estimate of drug-likeness (QED) is 0.610. The van der Waals surface area contributed by atoms with Crippen LogP contribution in [-0.2, 0) is 4.83 Å². The van der Waals surface area contributed by atoms with E-state index in [1.54, 1.807) is 24.3 Å². The summed E-state index contributed by atoms with van der Waals surface area (Å²) in [5, 5.41) is 1.55. The Morgan fingerprint density at radius 3 is 2.18 bits per heavy atom. The van der Waals surface area contributed by atoms with Gasteiger partial charge < -0.3 is 0 Å². The number of hydrogen-bond donors (Lipinski definition) is 0. The number of hydrogen-bond acceptors (Lipinski definition) is 0. The van der Waals surface area contributed by atoms with Crippen LogP contribution in [-0.4, -0.2) is 0 Å². The highest BCUT2D eigenvalue weighted by Crippen LogP contribution is 2.36. The molecule has 0 N–H and O–H groups in total. The third-order valence-corrected chi connectivity index (χ3v) is 3.41. The van der Waals surface area contributed by atoms with Crippen molar-refractivity contribution in [2.75, 3.05) is 0 Å². The lowest BCUT2D eigenvalue weighted by molar-refractivity contribution is 0.115. The van der Waals surface area contributed by atoms with Gasteiger partial charge in [-0.3, -0.25) is 0 Å². The standard InChI is InChI=1S/C12H7BrCl2F2/c13-12(16,17)10-4-3-7-5-9(11(14)15)2-1-8(7)6-10/h1-6,11H. The number of fused-ring (bicyclic) bond motifs is 1. The van der Waals surface area contributed by atoms with E-state index < -0.39 is 9.67 Å². The van der Waals surface area contributed by atoms with Gasteiger partial charge in [0.15, 0.2) is 0 Å². The minimum atomic E-state index is -3.01. The summed E-state index contributed by atoms with van der Waals surface area (Å²) < 4.78 is 26.1. The molecule has 0 saturated carbocycles. The summed E-state index contributed by atoms with van der Waals surface area (Å²) in [6.07, 6.45) is 0. The number of benzene rings is 2. The van der Waals surface area contributed by atoms with Crippen LogP contribution in [0.2, 0.25) is 0 Å². The molecule has 90 valence electrons. The molecule has 0 radical (unpaired) electrons. The van der Waals surface area contributed by atoms with Crippen molar-refractivity contribution in [2.24, 2.45) is 0 Å². The van der Waals surface area contributed by atoms with E-state index in [9.17, 15) is 8.78 Å². The van der Waals surface area contributed by atoms with E-state index in [4.69, 9.17) is 23.2 Å². The van der Waals surface area contributed by atoms with Crippen LogP contribution in [0.4, 0.5) is 8.78 Å². The molecule has 17 heavy (non-hydrogen) atoms. The first kappa shape index (κ1) is 13.1. The Labute approximate surface area is 116 Å². The van der Waals surface area contributed by atoms with Crippen molar-refractivity contribution >= 4 is 49.9 Å². The topological polar surface area (TPSA) is 0 Å². The van der Waals surface area contributed by atoms with Gasteiger partial charge in [-0.25, -0.2) is 0 Å². The Bertz CT molecular complexity index is 550. The molecular weight excluding hydrogens is 333 g/mol. The Balaban J connectivity index is 2.54. The van der Waals surface area contributed by atoms with Gasteiger partial charge in [-0.2, -0.15) is 8.78 Å². The summed E-state index contributed by atoms with van der Waals surface area (Å²) in [4.78, 5) is -3.63. The van der Waals surface area contributed by atoms with Crippen molar-refractivity contribution < 1.29 is 8.78 Å². The maximum Gasteiger partial charge on any atom is 0.326 e. The van der Waals surface area contributed by atoms with Gasteiger partial charge in [0.25, 0.3) is 0 Å². The smallest absolute Gasteiger partial charge is 0.188 e. The first-order chi connectivity index (χ1) is 7.88. The number of alkyl halides is 5. The van der Waals surface area contributed by atoms with Gasteiger partial charge in [0.1, 0.15) is 4.84 Å². The molecule has 0 atom stereocenters. The van der Waals surface area contributed by atoms with Gasteiger partial charge in [0, 0.05) is 5.56 Å². The zero-order chi connectivity index (χ0) is 12.6. The van der Waals surface area contributed by atoms with Gasteiger partial charge in [0.05, 0.1) is 0 Å². The predicted octanol–water partition coefficient (Wildman–Crippen LogP) is 5.76. The molecule has 0 nitrogen and oxygen atoms in total. The maximum atomic E-state index is 13.1. The number of rotatable bonds is 2. The van der Waals surface area contributed by atoms with Crippen molar-refractivity contribution in [2.45, 2.75) is 9.67 Å². The van der Waals surface area contributed by atoms with Gasteiger partial charge in [0.2, 0.25) is 0 Å². The van der Waals surface area contributed by atoms with E-state index in [0.29, 0.717) is 0 Å². The van der Waals surface area contributed by atoms with Crippen LogP contribution in [0.15, 0.2) is 36.4 Å². The van der Waals surface area contributed by atoms with E-state index >= 15 is 0 Å². The summed E-state index contributed by atoms with van der Waals surface area (Å²) in [6, 6.07) is 9.67. The second kappa shape index (κ2) is 4.71. The minimum Gasteiger partial charge on any atom is -0.188 e. The van der Waals surface area contributed by atoms with Crippen molar-refractivity contribution in [3.8, 4) is 0 Å². The highest BCUT2D eigenvalue weighted by atomic mass is 79.9. The van der Waals surface area contributed by atoms with Crippen molar-refractivity contribution in [3.63, 3.8) is 0 Å². The molecule has 0 aliphatic rings. The third-order valence-electron chi connectivity index (χ3n) is 2.44. The minimum absolute atomic E-state index is 0.0777. The van der Waals surface area contributed by atoms with E-state index in [0.717, 1.165) is 16.3 Å². The number of halogens is 5. The molecule has 0 aliphatic carbocycles. The Morgan fingerprint density at radius 1 is 1.00 bits per heavy atom. The second-order valence-corrected chi connectivity index (χ2v) is 5.71. The third kappa shape index (κ3) is 2.90. The van der Waals surface area contributed by atoms with Crippen molar-refractivity contribution in [1.29, 1.82) is 0 Å². The fourth-order valence-electron chi connectivity index (χ4n) is 1.58. The first-order valence-corrected chi connectivity index (χ1v) is 6.43. The van der Waals surface area contributed by atoms with Gasteiger partial charge in [-0.05, 0) is 44.4 Å². The molecule has 2 aromatic carbocycles. The highest BCUT2D eigenvalue weighted by Gasteiger charge is 2.26. The summed E-state index contributed by atoms with van der Waals surface area (Å²) in [6.45, 7) is 0. The van der Waals surface area contributed by atoms with Gasteiger partial charge in [-0.15, -0.1) is 23.2 Å². The van der Waals surface area contributed by atoms with Crippen LogP contribution in [0.1, 0.15) is 16.0 Å². The first-order valence-electron chi connectivity index (χ1n) is 4.77. The molecule has 0 aliphatic heterocycles. The zero-order valence-electron chi connectivity index (χ0n) is 8.43. The average Bonchev–Trinajstić information content (AvgIpc) is 2.26. The van der Waals surface area contributed by atoms with Crippen LogP contribution < -0.4 is 0 Å². The lowest BCUT2D eigenvalue weighted by Crippen LogP contribution is -2.01. The Kier molecular flexibility index (Phi) is 3.62. The molecule has 0 unspecified atom stereocenters. The van der Waals surface area contributed by atoms with E-state index in [2.05, 4.69) is 15.9 Å². The molecular formula is C12H7BrCl2F2. The van der Waals surface area contributed by atoms with Crippen LogP contribution >= 0.6 is 39.1 Å². The van der Waals surface area contributed by atoms with Gasteiger partial charge in [-0.1, -0.05) is 24.3 Å². The van der Waals surface area contributed by atoms with E-state index in [1.165, 1.54) is 12.1 Å². The normalized spacial score (nSPS) is 12.4. The molecule has 2 aromatic rings. The predicted molar refractivity (Wildman–Crippen MR) is 71.2 cm³/mol. The average molecular weight is 340 g/mol. The molecule has 0 aromatic heterocycles. The van der Waals surface area contributed by atoms with Gasteiger partial charge >= 0.3 is 4.83 Å². The molecule has 2 rings (SSSR count). The van der Waals surface area contributed by atoms with Crippen LogP contribution in [0, 0.1) is 0 Å². The molecule has 0 fully saturated rings. The zero-order valence-corrected chi connectivity index (χ0v) is 11.5. The molecule has 5 heteroatoms. The van der Waals surface area contributed by atoms with E-state index in [1.807, 2.05) is 0 Å². The summed E-state index contributed by atoms with van der Waals surface area (Å²) >= 11 is 13.8. The van der Waals surface area contributed by atoms with Crippen LogP contribution in [0.3, 0.4) is 0 Å². The summed E-state index contributed by atoms with van der Waals surface area (Å²) in [7, 11) is 0. The lowest BCUT2D eigenvalue weighted by atomic mass is 10.0. The highest BCUT2D eigenvalue weighted by molar-refractivity contribution is 9.09. The Morgan fingerprint density at radius 2 is 1.59 bits per heavy atom.